The highest BCUT2D eigenvalue weighted by Crippen LogP contribution is 2.64. The molecule has 2 aromatic heterocycles. The molecule has 0 fully saturated rings. The molecule has 0 saturated heterocycles. The molecule has 2 aliphatic heterocycles. The zero-order valence-electron chi connectivity index (χ0n) is 78.2. The Kier molecular flexibility index (Phi) is 15.5. The number of para-hydroxylation sites is 3. The Morgan fingerprint density at radius 2 is 0.719 bits per heavy atom. The van der Waals surface area contributed by atoms with Crippen LogP contribution in [0.3, 0.4) is 0 Å². The summed E-state index contributed by atoms with van der Waals surface area (Å²) < 4.78 is 77.3. The molecule has 22 rings (SSSR count). The van der Waals surface area contributed by atoms with Crippen LogP contribution in [0.15, 0.2) is 352 Å². The van der Waals surface area contributed by atoms with Crippen LogP contribution in [0.2, 0.25) is 0 Å². The van der Waals surface area contributed by atoms with Gasteiger partial charge in [0.25, 0.3) is 6.71 Å². The predicted octanol–water partition coefficient (Wildman–Crippen LogP) is 27.3. The molecule has 4 aliphatic rings. The zero-order valence-corrected chi connectivity index (χ0v) is 70.2. The van der Waals surface area contributed by atoms with Crippen molar-refractivity contribution in [3.05, 3.63) is 407 Å². The Hall–Kier alpha value is -13.2. The third-order valence-electron chi connectivity index (χ3n) is 26.9. The molecule has 0 N–H and O–H groups in total. The Labute approximate surface area is 724 Å². The van der Waals surface area contributed by atoms with Gasteiger partial charge in [-0.1, -0.05) is 353 Å². The molecule has 18 aromatic rings. The fourth-order valence-electron chi connectivity index (χ4n) is 21.1. The minimum absolute atomic E-state index is 0.0980. The standard InChI is InChI=1S/C116H99BN4/c1-113(2,3)80-66-92(76-36-14-10-15-37-76)84(93(67-80)77-38-16-11-17-39-77)60-63-119-108-65-75(35-34-62-118-104-53-31-25-47-89(104)90-48-26-32-54-105(90)118)56-58-102(108)117-103-59-57-83(121-106-55-33-27-49-91(106)97-73-96-88-46-24-30-52-100(88)116(101(96)74-107(97)121)98-50-28-22-44-86(98)87-45-23-29-51-99(87)116)72-109(103)120(111-71-82(115(7,8)9)70-110(119)112(111)117)64-61-85-94(78-40-18-12-19-41-78)68-81(114(4,5)6)69-95(85)79-42-20-13-21-43-79/h10-33,36-59,65-74H,34-35,60-64H2,1-9H3/i25D,26D,31D,32D,47D,48D,53D,54D. The highest BCUT2D eigenvalue weighted by atomic mass is 15.2. The van der Waals surface area contributed by atoms with Crippen LogP contribution in [0, 0.1) is 0 Å². The van der Waals surface area contributed by atoms with Gasteiger partial charge in [0.2, 0.25) is 0 Å². The lowest BCUT2D eigenvalue weighted by Gasteiger charge is -2.45. The number of hydrogen-bond acceptors (Lipinski definition) is 2. The zero-order chi connectivity index (χ0) is 88.7. The number of hydrogen-bond donors (Lipinski definition) is 0. The number of benzene rings is 16. The molecule has 5 heteroatoms. The summed E-state index contributed by atoms with van der Waals surface area (Å²) in [5.41, 5.74) is 37.7. The van der Waals surface area contributed by atoms with Crippen molar-refractivity contribution in [3.8, 4) is 72.4 Å². The largest absolute Gasteiger partial charge is 0.342 e. The molecular formula is C116H99BN4. The molecule has 4 nitrogen and oxygen atoms in total. The van der Waals surface area contributed by atoms with E-state index in [1.165, 1.54) is 139 Å². The van der Waals surface area contributed by atoms with E-state index in [4.69, 9.17) is 5.48 Å². The number of anilines is 4. The van der Waals surface area contributed by atoms with Gasteiger partial charge in [0, 0.05) is 80.6 Å². The molecular weight excluding hydrogens is 1460 g/mol. The Bertz CT molecular complexity index is 7460. The summed E-state index contributed by atoms with van der Waals surface area (Å²) in [5.74, 6) is 0. The smallest absolute Gasteiger partial charge is 0.252 e. The van der Waals surface area contributed by atoms with Gasteiger partial charge in [-0.15, -0.1) is 0 Å². The van der Waals surface area contributed by atoms with E-state index in [0.29, 0.717) is 38.8 Å². The Morgan fingerprint density at radius 3 is 1.20 bits per heavy atom. The lowest BCUT2D eigenvalue weighted by molar-refractivity contribution is 0.589. The number of rotatable bonds is 15. The summed E-state index contributed by atoms with van der Waals surface area (Å²) in [5, 5.41) is 2.58. The van der Waals surface area contributed by atoms with Crippen molar-refractivity contribution >= 4 is 89.5 Å². The van der Waals surface area contributed by atoms with Crippen molar-refractivity contribution in [2.24, 2.45) is 0 Å². The van der Waals surface area contributed by atoms with E-state index in [9.17, 15) is 5.48 Å². The maximum atomic E-state index is 9.43. The SMILES string of the molecule is [2H]c1c([2H])c([2H])c2c(c1[2H])c1c([2H])c([2H])c([2H])c([2H])c1n2CCCc1ccc2c(c1)N(CCc1c(-c3ccccc3)cc(C(C)(C)C)cc1-c1ccccc1)c1cc(C(C)(C)C)cc3c1B2c1ccc(-n2c4ccccc4c4cc5c(cc42)C2(c4ccccc4-c4ccccc42)c2ccccc2-5)cc1N3CCc1c(-c2ccccc2)cc(C(C)(C)C)cc1-c1ccccc1. The molecule has 0 saturated carbocycles. The van der Waals surface area contributed by atoms with Crippen molar-refractivity contribution in [1.82, 2.24) is 9.13 Å². The summed E-state index contributed by atoms with van der Waals surface area (Å²) in [4.78, 5) is 5.39. The first-order valence-corrected chi connectivity index (χ1v) is 43.2. The highest BCUT2D eigenvalue weighted by molar-refractivity contribution is 7.00. The summed E-state index contributed by atoms with van der Waals surface area (Å²) >= 11 is 0. The van der Waals surface area contributed by atoms with Gasteiger partial charge in [-0.05, 0) is 241 Å². The van der Waals surface area contributed by atoms with Gasteiger partial charge in [0.05, 0.1) is 27.4 Å². The maximum Gasteiger partial charge on any atom is 0.252 e. The molecule has 2 aliphatic carbocycles. The molecule has 0 bridgehead atoms. The quantitative estimate of drug-likeness (QED) is 0.0951. The van der Waals surface area contributed by atoms with Gasteiger partial charge in [-0.25, -0.2) is 0 Å². The summed E-state index contributed by atoms with van der Waals surface area (Å²) in [7, 11) is 0. The van der Waals surface area contributed by atoms with Crippen molar-refractivity contribution in [2.45, 2.75) is 116 Å². The molecule has 0 atom stereocenters. The Balaban J connectivity index is 0.785. The van der Waals surface area contributed by atoms with Crippen LogP contribution in [-0.2, 0) is 47.5 Å². The lowest BCUT2D eigenvalue weighted by atomic mass is 9.33. The van der Waals surface area contributed by atoms with Crippen LogP contribution in [0.5, 0.6) is 0 Å². The summed E-state index contributed by atoms with van der Waals surface area (Å²) in [6.07, 6.45) is 2.36. The molecule has 4 heterocycles. The van der Waals surface area contributed by atoms with Crippen molar-refractivity contribution < 1.29 is 11.0 Å². The van der Waals surface area contributed by atoms with Crippen molar-refractivity contribution in [1.29, 1.82) is 0 Å². The number of aryl methyl sites for hydroxylation is 2. The van der Waals surface area contributed by atoms with Gasteiger partial charge in [-0.3, -0.25) is 0 Å². The summed E-state index contributed by atoms with van der Waals surface area (Å²) in [6.45, 7) is 22.2. The number of aromatic nitrogens is 2. The van der Waals surface area contributed by atoms with E-state index < -0.39 is 29.6 Å². The van der Waals surface area contributed by atoms with Gasteiger partial charge in [-0.2, -0.15) is 0 Å². The Morgan fingerprint density at radius 1 is 0.306 bits per heavy atom. The van der Waals surface area contributed by atoms with Gasteiger partial charge < -0.3 is 18.9 Å². The second-order valence-corrected chi connectivity index (χ2v) is 37.0. The highest BCUT2D eigenvalue weighted by Gasteiger charge is 2.52. The molecule has 121 heavy (non-hydrogen) atoms. The average Bonchev–Trinajstić information content (AvgIpc) is 1.46. The van der Waals surface area contributed by atoms with E-state index in [1.807, 2.05) is 0 Å². The van der Waals surface area contributed by atoms with Crippen LogP contribution in [0.1, 0.15) is 135 Å². The van der Waals surface area contributed by atoms with E-state index in [0.717, 1.165) is 50.5 Å². The fraction of sp³-hybridized carbons (Fsp3) is 0.172. The first-order valence-electron chi connectivity index (χ1n) is 47.2. The van der Waals surface area contributed by atoms with Crippen LogP contribution in [-0.4, -0.2) is 28.9 Å². The molecule has 1 spiro atoms. The van der Waals surface area contributed by atoms with Gasteiger partial charge >= 0.3 is 0 Å². The second kappa shape index (κ2) is 28.5. The maximum absolute atomic E-state index is 9.43. The van der Waals surface area contributed by atoms with Crippen molar-refractivity contribution in [2.75, 3.05) is 22.9 Å². The molecule has 16 aromatic carbocycles. The summed E-state index contributed by atoms with van der Waals surface area (Å²) in [6, 6.07) is 112. The monoisotopic (exact) mass is 1570 g/mol. The molecule has 0 unspecified atom stereocenters. The fourth-order valence-corrected chi connectivity index (χ4v) is 21.1. The second-order valence-electron chi connectivity index (χ2n) is 37.0. The van der Waals surface area contributed by atoms with Crippen molar-refractivity contribution in [3.63, 3.8) is 0 Å². The third-order valence-corrected chi connectivity index (χ3v) is 26.9. The van der Waals surface area contributed by atoms with E-state index in [2.05, 4.69) is 380 Å². The van der Waals surface area contributed by atoms with E-state index in [1.54, 1.807) is 4.57 Å². The van der Waals surface area contributed by atoms with Crippen LogP contribution >= 0.6 is 0 Å². The normalized spacial score (nSPS) is 14.5. The number of nitrogens with zero attached hydrogens (tertiary/aromatic N) is 4. The minimum Gasteiger partial charge on any atom is -0.342 e. The third kappa shape index (κ3) is 12.0. The first-order chi connectivity index (χ1) is 62.3. The van der Waals surface area contributed by atoms with Gasteiger partial charge in [0.1, 0.15) is 0 Å². The van der Waals surface area contributed by atoms with E-state index in [-0.39, 0.29) is 75.5 Å². The van der Waals surface area contributed by atoms with E-state index >= 15 is 0 Å². The van der Waals surface area contributed by atoms with Crippen LogP contribution in [0.4, 0.5) is 22.7 Å². The average molecular weight is 1570 g/mol. The van der Waals surface area contributed by atoms with Gasteiger partial charge in [0.15, 0.2) is 0 Å². The van der Waals surface area contributed by atoms with Crippen LogP contribution < -0.4 is 26.2 Å². The molecule has 586 valence electrons. The lowest BCUT2D eigenvalue weighted by Crippen LogP contribution is -2.62. The number of fused-ring (bicyclic) bond motifs is 20. The molecule has 0 amide bonds. The van der Waals surface area contributed by atoms with Crippen LogP contribution in [0.25, 0.3) is 116 Å². The minimum atomic E-state index is -0.575. The molecule has 0 radical (unpaired) electrons. The topological polar surface area (TPSA) is 16.3 Å². The predicted molar refractivity (Wildman–Crippen MR) is 515 cm³/mol. The first kappa shape index (κ1) is 65.7.